The van der Waals surface area contributed by atoms with Gasteiger partial charge in [-0.25, -0.2) is 9.97 Å². The Bertz CT molecular complexity index is 422. The summed E-state index contributed by atoms with van der Waals surface area (Å²) in [7, 11) is 0. The molecule has 0 saturated heterocycles. The third-order valence-corrected chi connectivity index (χ3v) is 2.87. The lowest BCUT2D eigenvalue weighted by Crippen LogP contribution is -2.04. The molecule has 0 aliphatic heterocycles. The number of thiophene rings is 1. The summed E-state index contributed by atoms with van der Waals surface area (Å²) in [4.78, 5) is 10.8. The molecule has 2 aromatic heterocycles. The van der Waals surface area contributed by atoms with Gasteiger partial charge >= 0.3 is 0 Å². The second kappa shape index (κ2) is 3.40. The van der Waals surface area contributed by atoms with E-state index in [0.717, 1.165) is 22.3 Å². The van der Waals surface area contributed by atoms with Crippen molar-refractivity contribution < 1.29 is 0 Å². The van der Waals surface area contributed by atoms with Gasteiger partial charge in [0.05, 0.1) is 5.69 Å². The molecule has 0 amide bonds. The number of nitrogens with zero attached hydrogens (tertiary/aromatic N) is 2. The van der Waals surface area contributed by atoms with Crippen molar-refractivity contribution in [1.29, 1.82) is 0 Å². The third kappa shape index (κ3) is 1.55. The predicted molar refractivity (Wildman–Crippen MR) is 54.9 cm³/mol. The quantitative estimate of drug-likeness (QED) is 0.786. The third-order valence-electron chi connectivity index (χ3n) is 1.92. The summed E-state index contributed by atoms with van der Waals surface area (Å²) in [5.41, 5.74) is 6.57. The lowest BCUT2D eigenvalue weighted by molar-refractivity contribution is 0.927. The van der Waals surface area contributed by atoms with E-state index in [2.05, 4.69) is 23.0 Å². The summed E-state index contributed by atoms with van der Waals surface area (Å²) in [6.07, 6.45) is 2.44. The van der Waals surface area contributed by atoms with E-state index in [1.165, 1.54) is 4.88 Å². The fourth-order valence-corrected chi connectivity index (χ4v) is 2.23. The first-order valence-electron chi connectivity index (χ1n) is 4.21. The molecule has 0 saturated carbocycles. The number of aryl methyl sites for hydroxylation is 1. The Kier molecular flexibility index (Phi) is 2.24. The van der Waals surface area contributed by atoms with Crippen LogP contribution in [0.5, 0.6) is 0 Å². The Hall–Kier alpha value is -1.00. The summed E-state index contributed by atoms with van der Waals surface area (Å²) in [5, 5.41) is 1.16. The maximum atomic E-state index is 5.50. The number of hydrogen-bond donors (Lipinski definition) is 1. The highest BCUT2D eigenvalue weighted by Gasteiger charge is 2.05. The molecule has 13 heavy (non-hydrogen) atoms. The molecule has 68 valence electrons. The highest BCUT2D eigenvalue weighted by molar-refractivity contribution is 7.18. The standard InChI is InChI=1S/C9H11N3S/c1-6-4-7-8(2-3-10)11-5-12-9(7)13-6/h4-5H,2-3,10H2,1H3. The molecule has 0 unspecified atom stereocenters. The minimum Gasteiger partial charge on any atom is -0.330 e. The summed E-state index contributed by atoms with van der Waals surface area (Å²) < 4.78 is 0. The zero-order valence-electron chi connectivity index (χ0n) is 7.45. The van der Waals surface area contributed by atoms with Gasteiger partial charge in [0.25, 0.3) is 0 Å². The van der Waals surface area contributed by atoms with Gasteiger partial charge in [-0.2, -0.15) is 0 Å². The molecule has 0 atom stereocenters. The molecule has 0 radical (unpaired) electrons. The van der Waals surface area contributed by atoms with E-state index in [1.807, 2.05) is 0 Å². The predicted octanol–water partition coefficient (Wildman–Crippen LogP) is 1.50. The van der Waals surface area contributed by atoms with Crippen LogP contribution in [-0.4, -0.2) is 16.5 Å². The van der Waals surface area contributed by atoms with Crippen molar-refractivity contribution in [2.45, 2.75) is 13.3 Å². The molecule has 2 N–H and O–H groups in total. The lowest BCUT2D eigenvalue weighted by atomic mass is 10.2. The molecular formula is C9H11N3S. The van der Waals surface area contributed by atoms with Crippen LogP contribution in [0.3, 0.4) is 0 Å². The zero-order chi connectivity index (χ0) is 9.26. The first-order chi connectivity index (χ1) is 6.31. The van der Waals surface area contributed by atoms with Crippen LogP contribution in [0.2, 0.25) is 0 Å². The van der Waals surface area contributed by atoms with E-state index in [4.69, 9.17) is 5.73 Å². The lowest BCUT2D eigenvalue weighted by Gasteiger charge is -1.97. The summed E-state index contributed by atoms with van der Waals surface area (Å²) in [6.45, 7) is 2.72. The second-order valence-corrected chi connectivity index (χ2v) is 4.17. The SMILES string of the molecule is Cc1cc2c(CCN)ncnc2s1. The molecule has 3 nitrogen and oxygen atoms in total. The van der Waals surface area contributed by atoms with E-state index in [-0.39, 0.29) is 0 Å². The Morgan fingerprint density at radius 3 is 3.08 bits per heavy atom. The van der Waals surface area contributed by atoms with Gasteiger partial charge in [0.15, 0.2) is 0 Å². The van der Waals surface area contributed by atoms with Crippen molar-refractivity contribution in [2.24, 2.45) is 5.73 Å². The topological polar surface area (TPSA) is 51.8 Å². The molecule has 2 aromatic rings. The Balaban J connectivity index is 2.60. The first kappa shape index (κ1) is 8.59. The van der Waals surface area contributed by atoms with Crippen molar-refractivity contribution in [2.75, 3.05) is 6.54 Å². The van der Waals surface area contributed by atoms with Crippen LogP contribution >= 0.6 is 11.3 Å². The van der Waals surface area contributed by atoms with Gasteiger partial charge in [-0.05, 0) is 19.5 Å². The van der Waals surface area contributed by atoms with Gasteiger partial charge in [0.1, 0.15) is 11.2 Å². The van der Waals surface area contributed by atoms with Crippen molar-refractivity contribution in [3.05, 3.63) is 23.0 Å². The van der Waals surface area contributed by atoms with E-state index < -0.39 is 0 Å². The van der Waals surface area contributed by atoms with Crippen molar-refractivity contribution in [1.82, 2.24) is 9.97 Å². The fourth-order valence-electron chi connectivity index (χ4n) is 1.36. The maximum absolute atomic E-state index is 5.50. The molecule has 0 aliphatic rings. The average molecular weight is 193 g/mol. The smallest absolute Gasteiger partial charge is 0.127 e. The zero-order valence-corrected chi connectivity index (χ0v) is 8.27. The molecule has 2 rings (SSSR count). The Morgan fingerprint density at radius 1 is 1.46 bits per heavy atom. The second-order valence-electron chi connectivity index (χ2n) is 2.93. The molecule has 4 heteroatoms. The molecule has 0 spiro atoms. The van der Waals surface area contributed by atoms with Gasteiger partial charge in [-0.15, -0.1) is 11.3 Å². The van der Waals surface area contributed by atoms with Crippen LogP contribution in [0, 0.1) is 6.92 Å². The van der Waals surface area contributed by atoms with E-state index in [1.54, 1.807) is 17.7 Å². The minimum atomic E-state index is 0.640. The summed E-state index contributed by atoms with van der Waals surface area (Å²) >= 11 is 1.70. The van der Waals surface area contributed by atoms with Crippen LogP contribution in [0.15, 0.2) is 12.4 Å². The van der Waals surface area contributed by atoms with Gasteiger partial charge in [0, 0.05) is 16.7 Å². The van der Waals surface area contributed by atoms with Gasteiger partial charge in [-0.1, -0.05) is 0 Å². The first-order valence-corrected chi connectivity index (χ1v) is 5.03. The number of rotatable bonds is 2. The van der Waals surface area contributed by atoms with Crippen molar-refractivity contribution in [3.8, 4) is 0 Å². The average Bonchev–Trinajstić information content (AvgIpc) is 2.47. The van der Waals surface area contributed by atoms with Crippen LogP contribution < -0.4 is 5.73 Å². The van der Waals surface area contributed by atoms with Crippen LogP contribution in [0.1, 0.15) is 10.6 Å². The van der Waals surface area contributed by atoms with Crippen LogP contribution in [0.4, 0.5) is 0 Å². The molecule has 0 fully saturated rings. The van der Waals surface area contributed by atoms with E-state index >= 15 is 0 Å². The minimum absolute atomic E-state index is 0.640. The molecule has 2 heterocycles. The Labute approximate surface area is 80.6 Å². The molecular weight excluding hydrogens is 182 g/mol. The number of fused-ring (bicyclic) bond motifs is 1. The number of nitrogens with two attached hydrogens (primary N) is 1. The maximum Gasteiger partial charge on any atom is 0.127 e. The van der Waals surface area contributed by atoms with Crippen molar-refractivity contribution in [3.63, 3.8) is 0 Å². The monoisotopic (exact) mass is 193 g/mol. The molecule has 0 aromatic carbocycles. The summed E-state index contributed by atoms with van der Waals surface area (Å²) in [5.74, 6) is 0. The van der Waals surface area contributed by atoms with Gasteiger partial charge < -0.3 is 5.73 Å². The van der Waals surface area contributed by atoms with Crippen LogP contribution in [0.25, 0.3) is 10.2 Å². The van der Waals surface area contributed by atoms with Gasteiger partial charge in [0.2, 0.25) is 0 Å². The molecule has 0 bridgehead atoms. The Morgan fingerprint density at radius 2 is 2.31 bits per heavy atom. The largest absolute Gasteiger partial charge is 0.330 e. The highest BCUT2D eigenvalue weighted by Crippen LogP contribution is 2.24. The number of aromatic nitrogens is 2. The molecule has 0 aliphatic carbocycles. The highest BCUT2D eigenvalue weighted by atomic mass is 32.1. The van der Waals surface area contributed by atoms with Gasteiger partial charge in [-0.3, -0.25) is 0 Å². The number of hydrogen-bond acceptors (Lipinski definition) is 4. The normalized spacial score (nSPS) is 10.9. The van der Waals surface area contributed by atoms with Crippen molar-refractivity contribution >= 4 is 21.6 Å². The summed E-state index contributed by atoms with van der Waals surface area (Å²) in [6, 6.07) is 2.13. The van der Waals surface area contributed by atoms with Crippen LogP contribution in [-0.2, 0) is 6.42 Å². The van der Waals surface area contributed by atoms with E-state index in [0.29, 0.717) is 6.54 Å². The van der Waals surface area contributed by atoms with E-state index in [9.17, 15) is 0 Å². The fraction of sp³-hybridized carbons (Fsp3) is 0.333.